The van der Waals surface area contributed by atoms with E-state index in [1.54, 1.807) is 11.8 Å². The molecule has 0 saturated carbocycles. The lowest BCUT2D eigenvalue weighted by Gasteiger charge is -2.26. The minimum atomic E-state index is -0.809. The minimum absolute atomic E-state index is 0.0199. The highest BCUT2D eigenvalue weighted by Gasteiger charge is 2.24. The van der Waals surface area contributed by atoms with Crippen molar-refractivity contribution in [3.05, 3.63) is 29.8 Å². The molecule has 0 radical (unpaired) electrons. The number of nitrogens with zero attached hydrogens (tertiary/aromatic N) is 2. The highest BCUT2D eigenvalue weighted by Crippen LogP contribution is 2.20. The fourth-order valence-electron chi connectivity index (χ4n) is 3.26. The van der Waals surface area contributed by atoms with Crippen LogP contribution in [0.3, 0.4) is 0 Å². The van der Waals surface area contributed by atoms with E-state index in [0.717, 1.165) is 31.6 Å². The van der Waals surface area contributed by atoms with Crippen molar-refractivity contribution < 1.29 is 14.7 Å². The Morgan fingerprint density at radius 3 is 2.67 bits per heavy atom. The summed E-state index contributed by atoms with van der Waals surface area (Å²) < 4.78 is 0. The average Bonchev–Trinajstić information content (AvgIpc) is 2.87. The molecule has 2 rings (SSSR count). The van der Waals surface area contributed by atoms with E-state index in [2.05, 4.69) is 36.5 Å². The first-order valence-electron chi connectivity index (χ1n) is 9.52. The quantitative estimate of drug-likeness (QED) is 0.697. The first-order chi connectivity index (χ1) is 12.8. The van der Waals surface area contributed by atoms with Crippen molar-refractivity contribution in [2.75, 3.05) is 32.4 Å². The van der Waals surface area contributed by atoms with E-state index in [-0.39, 0.29) is 24.7 Å². The molecule has 1 heterocycles. The number of carboxylic acids is 1. The van der Waals surface area contributed by atoms with E-state index >= 15 is 0 Å². The Balaban J connectivity index is 1.76. The SMILES string of the molecule is Cc1ccc(SCC(C)NC(=O)N2CCCC(N(C)CC(=O)O)CC2)cc1. The Morgan fingerprint density at radius 2 is 2.00 bits per heavy atom. The number of carbonyl (C=O) groups excluding carboxylic acids is 1. The highest BCUT2D eigenvalue weighted by atomic mass is 32.2. The summed E-state index contributed by atoms with van der Waals surface area (Å²) in [4.78, 5) is 28.4. The largest absolute Gasteiger partial charge is 0.480 e. The van der Waals surface area contributed by atoms with E-state index in [1.807, 2.05) is 23.8 Å². The van der Waals surface area contributed by atoms with Gasteiger partial charge in [-0.25, -0.2) is 4.79 Å². The van der Waals surface area contributed by atoms with Crippen molar-refractivity contribution in [2.24, 2.45) is 0 Å². The van der Waals surface area contributed by atoms with Gasteiger partial charge in [0.2, 0.25) is 0 Å². The summed E-state index contributed by atoms with van der Waals surface area (Å²) in [5.41, 5.74) is 1.24. The molecule has 1 fully saturated rings. The number of hydrogen-bond acceptors (Lipinski definition) is 4. The normalized spacial score (nSPS) is 18.8. The molecule has 0 bridgehead atoms. The lowest BCUT2D eigenvalue weighted by Crippen LogP contribution is -2.45. The second kappa shape index (κ2) is 10.6. The summed E-state index contributed by atoms with van der Waals surface area (Å²) in [5, 5.41) is 12.0. The smallest absolute Gasteiger partial charge is 0.317 e. The number of rotatable bonds is 7. The van der Waals surface area contributed by atoms with Gasteiger partial charge in [0.15, 0.2) is 0 Å². The number of amides is 2. The van der Waals surface area contributed by atoms with Gasteiger partial charge < -0.3 is 15.3 Å². The van der Waals surface area contributed by atoms with E-state index in [0.29, 0.717) is 6.54 Å². The van der Waals surface area contributed by atoms with Gasteiger partial charge >= 0.3 is 12.0 Å². The number of carboxylic acid groups (broad SMARTS) is 1. The number of aliphatic carboxylic acids is 1. The van der Waals surface area contributed by atoms with Crippen LogP contribution in [0.2, 0.25) is 0 Å². The number of aryl methyl sites for hydroxylation is 1. The maximum absolute atomic E-state index is 12.6. The highest BCUT2D eigenvalue weighted by molar-refractivity contribution is 7.99. The molecule has 7 heteroatoms. The van der Waals surface area contributed by atoms with E-state index in [1.165, 1.54) is 10.5 Å². The van der Waals surface area contributed by atoms with Gasteiger partial charge in [0, 0.05) is 35.8 Å². The molecule has 2 amide bonds. The Kier molecular flexibility index (Phi) is 8.44. The molecule has 0 spiro atoms. The number of urea groups is 1. The van der Waals surface area contributed by atoms with Crippen LogP contribution < -0.4 is 5.32 Å². The number of carbonyl (C=O) groups is 2. The molecule has 1 saturated heterocycles. The minimum Gasteiger partial charge on any atom is -0.480 e. The maximum Gasteiger partial charge on any atom is 0.317 e. The van der Waals surface area contributed by atoms with Crippen molar-refractivity contribution >= 4 is 23.8 Å². The van der Waals surface area contributed by atoms with Gasteiger partial charge in [-0.05, 0) is 52.3 Å². The van der Waals surface area contributed by atoms with Crippen LogP contribution in [0, 0.1) is 6.92 Å². The summed E-state index contributed by atoms with van der Waals surface area (Å²) in [5.74, 6) is 0.0170. The van der Waals surface area contributed by atoms with Crippen LogP contribution in [0.4, 0.5) is 4.79 Å². The maximum atomic E-state index is 12.6. The summed E-state index contributed by atoms with van der Waals surface area (Å²) in [6.45, 7) is 5.53. The molecule has 2 unspecified atom stereocenters. The molecular weight excluding hydrogens is 362 g/mol. The van der Waals surface area contributed by atoms with Gasteiger partial charge in [-0.2, -0.15) is 0 Å². The second-order valence-corrected chi connectivity index (χ2v) is 8.45. The van der Waals surface area contributed by atoms with Crippen LogP contribution in [0.15, 0.2) is 29.2 Å². The molecule has 1 aliphatic heterocycles. The average molecular weight is 394 g/mol. The predicted molar refractivity (Wildman–Crippen MR) is 109 cm³/mol. The third-order valence-electron chi connectivity index (χ3n) is 4.88. The van der Waals surface area contributed by atoms with Crippen LogP contribution in [-0.4, -0.2) is 71.4 Å². The van der Waals surface area contributed by atoms with Crippen LogP contribution in [-0.2, 0) is 4.79 Å². The van der Waals surface area contributed by atoms with Crippen molar-refractivity contribution in [3.63, 3.8) is 0 Å². The van der Waals surface area contributed by atoms with Crippen LogP contribution in [0.25, 0.3) is 0 Å². The number of nitrogens with one attached hydrogen (secondary N) is 1. The molecule has 1 aliphatic rings. The summed E-state index contributed by atoms with van der Waals surface area (Å²) in [7, 11) is 1.85. The fourth-order valence-corrected chi connectivity index (χ4v) is 4.12. The Labute approximate surface area is 166 Å². The first-order valence-corrected chi connectivity index (χ1v) is 10.5. The van der Waals surface area contributed by atoms with Gasteiger partial charge in [-0.3, -0.25) is 9.69 Å². The zero-order valence-electron chi connectivity index (χ0n) is 16.5. The molecule has 2 atom stereocenters. The molecule has 0 aromatic heterocycles. The standard InChI is InChI=1S/C20H31N3O3S/c1-15-6-8-18(9-7-15)27-14-16(2)21-20(26)23-11-4-5-17(10-12-23)22(3)13-19(24)25/h6-9,16-17H,4-5,10-14H2,1-3H3,(H,21,26)(H,24,25). The Hall–Kier alpha value is -1.73. The van der Waals surface area contributed by atoms with Crippen LogP contribution >= 0.6 is 11.8 Å². The molecule has 1 aromatic rings. The monoisotopic (exact) mass is 393 g/mol. The molecule has 6 nitrogen and oxygen atoms in total. The Morgan fingerprint density at radius 1 is 1.30 bits per heavy atom. The number of hydrogen-bond donors (Lipinski definition) is 2. The van der Waals surface area contributed by atoms with E-state index < -0.39 is 5.97 Å². The van der Waals surface area contributed by atoms with Crippen molar-refractivity contribution in [3.8, 4) is 0 Å². The number of likely N-dealkylation sites (N-methyl/N-ethyl adjacent to an activating group) is 1. The lowest BCUT2D eigenvalue weighted by atomic mass is 10.1. The van der Waals surface area contributed by atoms with E-state index in [9.17, 15) is 9.59 Å². The van der Waals surface area contributed by atoms with E-state index in [4.69, 9.17) is 5.11 Å². The molecule has 150 valence electrons. The zero-order chi connectivity index (χ0) is 19.8. The van der Waals surface area contributed by atoms with Gasteiger partial charge in [-0.1, -0.05) is 17.7 Å². The summed E-state index contributed by atoms with van der Waals surface area (Å²) in [6.07, 6.45) is 2.63. The van der Waals surface area contributed by atoms with Gasteiger partial charge in [0.1, 0.15) is 0 Å². The second-order valence-electron chi connectivity index (χ2n) is 7.36. The zero-order valence-corrected chi connectivity index (χ0v) is 17.3. The van der Waals surface area contributed by atoms with Gasteiger partial charge in [-0.15, -0.1) is 11.8 Å². The molecule has 27 heavy (non-hydrogen) atoms. The molecule has 1 aromatic carbocycles. The lowest BCUT2D eigenvalue weighted by molar-refractivity contribution is -0.138. The number of benzene rings is 1. The summed E-state index contributed by atoms with van der Waals surface area (Å²) in [6, 6.07) is 8.69. The van der Waals surface area contributed by atoms with Crippen molar-refractivity contribution in [1.29, 1.82) is 0 Å². The van der Waals surface area contributed by atoms with Gasteiger partial charge in [0.05, 0.1) is 6.54 Å². The Bertz CT molecular complexity index is 623. The summed E-state index contributed by atoms with van der Waals surface area (Å²) >= 11 is 1.74. The van der Waals surface area contributed by atoms with Crippen LogP contribution in [0.1, 0.15) is 31.7 Å². The fraction of sp³-hybridized carbons (Fsp3) is 0.600. The molecule has 0 aliphatic carbocycles. The topological polar surface area (TPSA) is 72.9 Å². The van der Waals surface area contributed by atoms with Crippen LogP contribution in [0.5, 0.6) is 0 Å². The third-order valence-corrected chi connectivity index (χ3v) is 6.16. The number of likely N-dealkylation sites (tertiary alicyclic amines) is 1. The predicted octanol–water partition coefficient (Wildman–Crippen LogP) is 3.06. The van der Waals surface area contributed by atoms with Crippen molar-refractivity contribution in [2.45, 2.75) is 50.1 Å². The molecule has 2 N–H and O–H groups in total. The van der Waals surface area contributed by atoms with Crippen molar-refractivity contribution in [1.82, 2.24) is 15.1 Å². The molecular formula is C20H31N3O3S. The third kappa shape index (κ3) is 7.42. The van der Waals surface area contributed by atoms with Gasteiger partial charge in [0.25, 0.3) is 0 Å². The number of thioether (sulfide) groups is 1. The first kappa shape index (κ1) is 21.6.